The topological polar surface area (TPSA) is 55.8 Å². The molecule has 0 bridgehead atoms. The van der Waals surface area contributed by atoms with E-state index in [2.05, 4.69) is 4.74 Å². The van der Waals surface area contributed by atoms with Gasteiger partial charge in [-0.1, -0.05) is 26.0 Å². The highest BCUT2D eigenvalue weighted by Gasteiger charge is 2.48. The number of alkyl halides is 2. The minimum Gasteiger partial charge on any atom is -0.491 e. The Morgan fingerprint density at radius 1 is 1.26 bits per heavy atom. The Morgan fingerprint density at radius 3 is 2.22 bits per heavy atom. The van der Waals surface area contributed by atoms with Gasteiger partial charge in [-0.15, -0.1) is 0 Å². The molecule has 1 aromatic rings. The van der Waals surface area contributed by atoms with Gasteiger partial charge >= 0.3 is 5.97 Å². The van der Waals surface area contributed by atoms with E-state index in [0.29, 0.717) is 5.75 Å². The molecule has 0 aliphatic carbocycles. The van der Waals surface area contributed by atoms with Crippen molar-refractivity contribution in [2.45, 2.75) is 51.7 Å². The second kappa shape index (κ2) is 8.24. The largest absolute Gasteiger partial charge is 0.491 e. The first-order chi connectivity index (χ1) is 10.8. The van der Waals surface area contributed by atoms with Gasteiger partial charge in [-0.3, -0.25) is 4.79 Å². The molecule has 0 heterocycles. The second-order valence-electron chi connectivity index (χ2n) is 5.47. The van der Waals surface area contributed by atoms with E-state index in [-0.39, 0.29) is 18.1 Å². The summed E-state index contributed by atoms with van der Waals surface area (Å²) in [5.74, 6) is -2.50. The van der Waals surface area contributed by atoms with Gasteiger partial charge in [0.2, 0.25) is 0 Å². The summed E-state index contributed by atoms with van der Waals surface area (Å²) in [5.41, 5.74) is -1.77. The van der Waals surface area contributed by atoms with Gasteiger partial charge in [0.15, 0.2) is 5.92 Å². The fourth-order valence-electron chi connectivity index (χ4n) is 2.37. The number of hydrogen-bond acceptors (Lipinski definition) is 4. The van der Waals surface area contributed by atoms with E-state index in [4.69, 9.17) is 4.74 Å². The molecule has 1 aromatic carbocycles. The molecule has 0 aliphatic rings. The van der Waals surface area contributed by atoms with Crippen molar-refractivity contribution < 1.29 is 28.2 Å². The van der Waals surface area contributed by atoms with E-state index in [1.165, 1.54) is 12.1 Å². The number of benzene rings is 1. The van der Waals surface area contributed by atoms with Crippen molar-refractivity contribution in [3.05, 3.63) is 29.8 Å². The van der Waals surface area contributed by atoms with Gasteiger partial charge < -0.3 is 14.6 Å². The highest BCUT2D eigenvalue weighted by atomic mass is 19.3. The molecule has 0 spiro atoms. The van der Waals surface area contributed by atoms with Crippen molar-refractivity contribution in [3.8, 4) is 5.75 Å². The summed E-state index contributed by atoms with van der Waals surface area (Å²) in [7, 11) is 1.02. The third-order valence-electron chi connectivity index (χ3n) is 4.03. The predicted molar refractivity (Wildman–Crippen MR) is 82.5 cm³/mol. The highest BCUT2D eigenvalue weighted by molar-refractivity contribution is 5.74. The summed E-state index contributed by atoms with van der Waals surface area (Å²) in [4.78, 5) is 11.7. The Labute approximate surface area is 135 Å². The van der Waals surface area contributed by atoms with Gasteiger partial charge in [-0.2, -0.15) is 0 Å². The molecule has 6 heteroatoms. The van der Waals surface area contributed by atoms with Crippen molar-refractivity contribution in [3.63, 3.8) is 0 Å². The van der Waals surface area contributed by atoms with Crippen molar-refractivity contribution in [2.24, 2.45) is 5.92 Å². The van der Waals surface area contributed by atoms with Gasteiger partial charge in [0.1, 0.15) is 11.4 Å². The van der Waals surface area contributed by atoms with Crippen LogP contribution in [0.2, 0.25) is 0 Å². The van der Waals surface area contributed by atoms with E-state index >= 15 is 0 Å². The monoisotopic (exact) mass is 330 g/mol. The van der Waals surface area contributed by atoms with E-state index < -0.39 is 23.9 Å². The quantitative estimate of drug-likeness (QED) is 0.741. The minimum absolute atomic E-state index is 0.0230. The number of carbonyl (C=O) groups is 1. The highest BCUT2D eigenvalue weighted by Crippen LogP contribution is 2.38. The first-order valence-corrected chi connectivity index (χ1v) is 7.65. The summed E-state index contributed by atoms with van der Waals surface area (Å²) >= 11 is 0. The van der Waals surface area contributed by atoms with Crippen LogP contribution < -0.4 is 4.74 Å². The number of carbonyl (C=O) groups excluding carboxylic acids is 1. The number of methoxy groups -OCH3 is 1. The normalized spacial score (nSPS) is 16.5. The fourth-order valence-corrected chi connectivity index (χ4v) is 2.37. The number of aliphatic hydroxyl groups is 1. The molecule has 3 unspecified atom stereocenters. The molecular weight excluding hydrogens is 306 g/mol. The zero-order chi connectivity index (χ0) is 17.6. The summed E-state index contributed by atoms with van der Waals surface area (Å²) in [6, 6.07) is 6.20. The number of ether oxygens (including phenoxy) is 2. The zero-order valence-electron chi connectivity index (χ0n) is 13.9. The lowest BCUT2D eigenvalue weighted by atomic mass is 9.79. The fraction of sp³-hybridized carbons (Fsp3) is 0.588. The maximum Gasteiger partial charge on any atom is 0.317 e. The first-order valence-electron chi connectivity index (χ1n) is 7.65. The first kappa shape index (κ1) is 19.4. The summed E-state index contributed by atoms with van der Waals surface area (Å²) in [5, 5.41) is 10.7. The minimum atomic E-state index is -3.04. The van der Waals surface area contributed by atoms with Crippen molar-refractivity contribution in [1.29, 1.82) is 0 Å². The average molecular weight is 330 g/mol. The van der Waals surface area contributed by atoms with Crippen LogP contribution in [-0.4, -0.2) is 30.7 Å². The molecule has 0 aromatic heterocycles. The Bertz CT molecular complexity index is 504. The van der Waals surface area contributed by atoms with E-state index in [9.17, 15) is 18.7 Å². The van der Waals surface area contributed by atoms with Crippen LogP contribution in [0.4, 0.5) is 8.78 Å². The van der Waals surface area contributed by atoms with Crippen molar-refractivity contribution in [2.75, 3.05) is 7.11 Å². The summed E-state index contributed by atoms with van der Waals surface area (Å²) < 4.78 is 36.7. The molecule has 0 fully saturated rings. The lowest BCUT2D eigenvalue weighted by Crippen LogP contribution is -2.44. The summed E-state index contributed by atoms with van der Waals surface area (Å²) in [6.45, 7) is 5.45. The van der Waals surface area contributed by atoms with Crippen LogP contribution in [0.1, 0.15) is 39.2 Å². The van der Waals surface area contributed by atoms with Gasteiger partial charge in [-0.05, 0) is 37.5 Å². The van der Waals surface area contributed by atoms with Crippen LogP contribution in [0.3, 0.4) is 0 Å². The van der Waals surface area contributed by atoms with Gasteiger partial charge in [0, 0.05) is 0 Å². The molecule has 0 amide bonds. The molecule has 0 aliphatic heterocycles. The third kappa shape index (κ3) is 4.41. The van der Waals surface area contributed by atoms with Crippen LogP contribution in [0.25, 0.3) is 0 Å². The number of rotatable bonds is 8. The smallest absolute Gasteiger partial charge is 0.317 e. The van der Waals surface area contributed by atoms with E-state index in [1.54, 1.807) is 19.1 Å². The molecule has 0 saturated carbocycles. The maximum atomic E-state index is 13.3. The Morgan fingerprint density at radius 2 is 1.83 bits per heavy atom. The number of esters is 1. The Hall–Kier alpha value is -1.69. The van der Waals surface area contributed by atoms with Crippen LogP contribution in [-0.2, 0) is 15.1 Å². The van der Waals surface area contributed by atoms with Gasteiger partial charge in [-0.25, -0.2) is 8.78 Å². The number of halogens is 2. The third-order valence-corrected chi connectivity index (χ3v) is 4.03. The standard InChI is InChI=1S/C17H24F2O4/c1-5-11(3)23-13-9-7-12(8-10-13)17(21,6-2)14(15(18)19)16(20)22-4/h7-11,14-15,21H,5-6H2,1-4H3. The van der Waals surface area contributed by atoms with Crippen molar-refractivity contribution >= 4 is 5.97 Å². The lowest BCUT2D eigenvalue weighted by molar-refractivity contribution is -0.170. The SMILES string of the molecule is CCC(C)Oc1ccc(C(O)(CC)C(C(=O)OC)C(F)F)cc1. The Kier molecular flexibility index (Phi) is 6.94. The number of hydrogen-bond donors (Lipinski definition) is 1. The summed E-state index contributed by atoms with van der Waals surface area (Å²) in [6.07, 6.45) is -2.24. The van der Waals surface area contributed by atoms with Crippen LogP contribution in [0.15, 0.2) is 24.3 Å². The molecule has 0 radical (unpaired) electrons. The maximum absolute atomic E-state index is 13.3. The Balaban J connectivity index is 3.14. The second-order valence-corrected chi connectivity index (χ2v) is 5.47. The molecule has 1 rings (SSSR count). The van der Waals surface area contributed by atoms with E-state index in [1.807, 2.05) is 13.8 Å². The molecule has 1 N–H and O–H groups in total. The molecule has 23 heavy (non-hydrogen) atoms. The van der Waals surface area contributed by atoms with Crippen LogP contribution >= 0.6 is 0 Å². The molecular formula is C17H24F2O4. The molecule has 0 saturated heterocycles. The zero-order valence-corrected chi connectivity index (χ0v) is 13.9. The predicted octanol–water partition coefficient (Wildman–Crippen LogP) is 3.52. The van der Waals surface area contributed by atoms with Gasteiger partial charge in [0.05, 0.1) is 13.2 Å². The lowest BCUT2D eigenvalue weighted by Gasteiger charge is -2.33. The van der Waals surface area contributed by atoms with Crippen LogP contribution in [0.5, 0.6) is 5.75 Å². The molecule has 3 atom stereocenters. The van der Waals surface area contributed by atoms with Gasteiger partial charge in [0.25, 0.3) is 6.43 Å². The van der Waals surface area contributed by atoms with Crippen molar-refractivity contribution in [1.82, 2.24) is 0 Å². The van der Waals surface area contributed by atoms with E-state index in [0.717, 1.165) is 13.5 Å². The average Bonchev–Trinajstić information content (AvgIpc) is 2.54. The molecule has 4 nitrogen and oxygen atoms in total. The molecule has 130 valence electrons. The van der Waals surface area contributed by atoms with Crippen LogP contribution in [0, 0.1) is 5.92 Å².